The maximum Gasteiger partial charge on any atom is 0.273 e. The molecule has 1 N–H and O–H groups in total. The minimum Gasteiger partial charge on any atom is -0.361 e. The molecule has 0 saturated carbocycles. The van der Waals surface area contributed by atoms with Crippen molar-refractivity contribution in [2.45, 2.75) is 13.5 Å². The van der Waals surface area contributed by atoms with Crippen LogP contribution in [0.1, 0.15) is 21.9 Å². The number of rotatable bonds is 4. The molecule has 0 radical (unpaired) electrons. The molecule has 0 aromatic carbocycles. The smallest absolute Gasteiger partial charge is 0.273 e. The number of carbonyl (C=O) groups excluding carboxylic acids is 1. The molecule has 0 aliphatic carbocycles. The van der Waals surface area contributed by atoms with Crippen LogP contribution in [-0.2, 0) is 13.6 Å². The molecular weight excluding hydrogens is 284 g/mol. The molecule has 3 rings (SSSR count). The first-order chi connectivity index (χ1) is 10.6. The van der Waals surface area contributed by atoms with E-state index >= 15 is 0 Å². The summed E-state index contributed by atoms with van der Waals surface area (Å²) >= 11 is 0. The van der Waals surface area contributed by atoms with E-state index in [9.17, 15) is 4.79 Å². The van der Waals surface area contributed by atoms with Crippen LogP contribution in [-0.4, -0.2) is 30.8 Å². The highest BCUT2D eigenvalue weighted by Crippen LogP contribution is 2.18. The lowest BCUT2D eigenvalue weighted by atomic mass is 10.2. The summed E-state index contributed by atoms with van der Waals surface area (Å²) in [6.07, 6.45) is 6.74. The quantitative estimate of drug-likeness (QED) is 0.774. The van der Waals surface area contributed by atoms with Crippen LogP contribution < -0.4 is 5.32 Å². The van der Waals surface area contributed by atoms with Crippen LogP contribution in [0.4, 0.5) is 0 Å². The molecule has 0 saturated heterocycles. The van der Waals surface area contributed by atoms with Gasteiger partial charge in [-0.05, 0) is 6.92 Å². The van der Waals surface area contributed by atoms with Gasteiger partial charge < -0.3 is 9.84 Å². The van der Waals surface area contributed by atoms with E-state index in [-0.39, 0.29) is 18.1 Å². The standard InChI is InChI=1S/C14H14N6O2/c1-9-5-11(19-22-9)14(21)17-7-12-13(16-4-3-15-12)10-6-18-20(2)8-10/h3-6,8H,7H2,1-2H3,(H,17,21). The van der Waals surface area contributed by atoms with Crippen LogP contribution in [0.2, 0.25) is 0 Å². The summed E-state index contributed by atoms with van der Waals surface area (Å²) in [6, 6.07) is 1.58. The molecule has 8 nitrogen and oxygen atoms in total. The molecule has 3 aromatic heterocycles. The highest BCUT2D eigenvalue weighted by Gasteiger charge is 2.14. The van der Waals surface area contributed by atoms with Crippen molar-refractivity contribution in [3.63, 3.8) is 0 Å². The van der Waals surface area contributed by atoms with Crippen LogP contribution in [0, 0.1) is 6.92 Å². The van der Waals surface area contributed by atoms with Crippen LogP contribution in [0.15, 0.2) is 35.4 Å². The molecule has 22 heavy (non-hydrogen) atoms. The summed E-state index contributed by atoms with van der Waals surface area (Å²) in [5.74, 6) is 0.264. The molecular formula is C14H14N6O2. The summed E-state index contributed by atoms with van der Waals surface area (Å²) in [5.41, 5.74) is 2.43. The molecule has 112 valence electrons. The average molecular weight is 298 g/mol. The Bertz CT molecular complexity index is 807. The van der Waals surface area contributed by atoms with Gasteiger partial charge in [0.2, 0.25) is 0 Å². The largest absolute Gasteiger partial charge is 0.361 e. The molecule has 1 amide bonds. The van der Waals surface area contributed by atoms with Gasteiger partial charge in [-0.2, -0.15) is 5.10 Å². The highest BCUT2D eigenvalue weighted by atomic mass is 16.5. The van der Waals surface area contributed by atoms with Crippen molar-refractivity contribution in [1.29, 1.82) is 0 Å². The van der Waals surface area contributed by atoms with Crippen molar-refractivity contribution in [3.05, 3.63) is 48.0 Å². The van der Waals surface area contributed by atoms with Gasteiger partial charge in [-0.1, -0.05) is 5.16 Å². The molecule has 0 atom stereocenters. The molecule has 3 heterocycles. The zero-order valence-corrected chi connectivity index (χ0v) is 12.1. The third kappa shape index (κ3) is 2.85. The van der Waals surface area contributed by atoms with Gasteiger partial charge in [-0.25, -0.2) is 0 Å². The second-order valence-corrected chi connectivity index (χ2v) is 4.76. The summed E-state index contributed by atoms with van der Waals surface area (Å²) in [4.78, 5) is 20.6. The number of hydrogen-bond donors (Lipinski definition) is 1. The topological polar surface area (TPSA) is 98.7 Å². The Hall–Kier alpha value is -3.03. The fourth-order valence-electron chi connectivity index (χ4n) is 2.01. The van der Waals surface area contributed by atoms with Crippen molar-refractivity contribution in [3.8, 4) is 11.3 Å². The molecule has 0 aliphatic heterocycles. The minimum absolute atomic E-state index is 0.239. The predicted molar refractivity (Wildman–Crippen MR) is 76.6 cm³/mol. The van der Waals surface area contributed by atoms with Gasteiger partial charge in [0.05, 0.1) is 24.1 Å². The van der Waals surface area contributed by atoms with Crippen molar-refractivity contribution >= 4 is 5.91 Å². The first-order valence-corrected chi connectivity index (χ1v) is 6.64. The molecule has 0 bridgehead atoms. The second kappa shape index (κ2) is 5.76. The Labute approximate surface area is 126 Å². The van der Waals surface area contributed by atoms with Gasteiger partial charge in [-0.15, -0.1) is 0 Å². The maximum atomic E-state index is 12.0. The van der Waals surface area contributed by atoms with E-state index < -0.39 is 0 Å². The number of nitrogens with one attached hydrogen (secondary N) is 1. The molecule has 0 aliphatic rings. The van der Waals surface area contributed by atoms with Gasteiger partial charge in [0.1, 0.15) is 5.76 Å². The van der Waals surface area contributed by atoms with Crippen LogP contribution >= 0.6 is 0 Å². The summed E-state index contributed by atoms with van der Waals surface area (Å²) < 4.78 is 6.57. The van der Waals surface area contributed by atoms with E-state index in [2.05, 4.69) is 25.5 Å². The van der Waals surface area contributed by atoms with E-state index in [1.807, 2.05) is 13.2 Å². The zero-order chi connectivity index (χ0) is 15.5. The second-order valence-electron chi connectivity index (χ2n) is 4.76. The van der Waals surface area contributed by atoms with Gasteiger partial charge in [-0.3, -0.25) is 19.4 Å². The lowest BCUT2D eigenvalue weighted by molar-refractivity contribution is 0.0941. The lowest BCUT2D eigenvalue weighted by Gasteiger charge is -2.06. The highest BCUT2D eigenvalue weighted by molar-refractivity contribution is 5.92. The van der Waals surface area contributed by atoms with Crippen LogP contribution in [0.25, 0.3) is 11.3 Å². The third-order valence-electron chi connectivity index (χ3n) is 3.03. The van der Waals surface area contributed by atoms with Crippen molar-refractivity contribution < 1.29 is 9.32 Å². The number of amides is 1. The molecule has 0 spiro atoms. The summed E-state index contributed by atoms with van der Waals surface area (Å²) in [6.45, 7) is 1.97. The van der Waals surface area contributed by atoms with E-state index in [1.165, 1.54) is 0 Å². The molecule has 0 fully saturated rings. The number of nitrogens with zero attached hydrogens (tertiary/aromatic N) is 5. The SMILES string of the molecule is Cc1cc(C(=O)NCc2nccnc2-c2cnn(C)c2)no1. The molecule has 3 aromatic rings. The number of hydrogen-bond acceptors (Lipinski definition) is 6. The van der Waals surface area contributed by atoms with E-state index in [1.54, 1.807) is 36.3 Å². The normalized spacial score (nSPS) is 10.6. The summed E-state index contributed by atoms with van der Waals surface area (Å²) in [7, 11) is 1.83. The van der Waals surface area contributed by atoms with Gasteiger partial charge in [0.25, 0.3) is 5.91 Å². The maximum absolute atomic E-state index is 12.0. The van der Waals surface area contributed by atoms with Gasteiger partial charge in [0, 0.05) is 37.3 Å². The lowest BCUT2D eigenvalue weighted by Crippen LogP contribution is -2.24. The molecule has 0 unspecified atom stereocenters. The van der Waals surface area contributed by atoms with Gasteiger partial charge in [0.15, 0.2) is 5.69 Å². The Morgan fingerprint density at radius 2 is 2.18 bits per heavy atom. The minimum atomic E-state index is -0.320. The zero-order valence-electron chi connectivity index (χ0n) is 12.1. The van der Waals surface area contributed by atoms with E-state index in [4.69, 9.17) is 4.52 Å². The van der Waals surface area contributed by atoms with Crippen LogP contribution in [0.5, 0.6) is 0 Å². The monoisotopic (exact) mass is 298 g/mol. The fraction of sp³-hybridized carbons (Fsp3) is 0.214. The first-order valence-electron chi connectivity index (χ1n) is 6.64. The van der Waals surface area contributed by atoms with Gasteiger partial charge >= 0.3 is 0 Å². The van der Waals surface area contributed by atoms with E-state index in [0.717, 1.165) is 5.56 Å². The Balaban J connectivity index is 1.77. The number of aromatic nitrogens is 5. The van der Waals surface area contributed by atoms with Crippen molar-refractivity contribution in [1.82, 2.24) is 30.2 Å². The van der Waals surface area contributed by atoms with Crippen molar-refractivity contribution in [2.75, 3.05) is 0 Å². The van der Waals surface area contributed by atoms with E-state index in [0.29, 0.717) is 17.1 Å². The fourth-order valence-corrected chi connectivity index (χ4v) is 2.01. The molecule has 8 heteroatoms. The Morgan fingerprint density at radius 1 is 1.36 bits per heavy atom. The summed E-state index contributed by atoms with van der Waals surface area (Å²) in [5, 5.41) is 10.5. The predicted octanol–water partition coefficient (Wildman–Crippen LogP) is 1.10. The number of aryl methyl sites for hydroxylation is 2. The Morgan fingerprint density at radius 3 is 2.86 bits per heavy atom. The number of carbonyl (C=O) groups is 1. The average Bonchev–Trinajstić information content (AvgIpc) is 3.14. The third-order valence-corrected chi connectivity index (χ3v) is 3.03. The van der Waals surface area contributed by atoms with Crippen molar-refractivity contribution in [2.24, 2.45) is 7.05 Å². The Kier molecular flexibility index (Phi) is 3.65. The first kappa shape index (κ1) is 13.9. The van der Waals surface area contributed by atoms with Crippen LogP contribution in [0.3, 0.4) is 0 Å².